The smallest absolute Gasteiger partial charge is 0.260 e. The number of carbonyl (C=O) groups excluding carboxylic acids is 1. The minimum Gasteiger partial charge on any atom is -0.484 e. The second-order valence-electron chi connectivity index (χ2n) is 7.22. The number of nitrogens with zero attached hydrogens (tertiary/aromatic N) is 1. The van der Waals surface area contributed by atoms with Crippen LogP contribution in [-0.2, 0) is 16.1 Å². The predicted molar refractivity (Wildman–Crippen MR) is 111 cm³/mol. The average molecular weight is 392 g/mol. The fourth-order valence-corrected chi connectivity index (χ4v) is 3.56. The molecule has 0 spiro atoms. The number of benzene rings is 2. The molecule has 1 aromatic heterocycles. The van der Waals surface area contributed by atoms with Crippen molar-refractivity contribution in [3.63, 3.8) is 0 Å². The highest BCUT2D eigenvalue weighted by atomic mass is 16.5. The topological polar surface area (TPSA) is 71.6 Å². The zero-order chi connectivity index (χ0) is 20.1. The van der Waals surface area contributed by atoms with Gasteiger partial charge < -0.3 is 19.4 Å². The number of hydrogen-bond acceptors (Lipinski definition) is 4. The maximum Gasteiger partial charge on any atom is 0.260 e. The summed E-state index contributed by atoms with van der Waals surface area (Å²) in [5.41, 5.74) is 1.15. The van der Waals surface area contributed by atoms with Crippen molar-refractivity contribution in [1.82, 2.24) is 9.88 Å². The first-order valence-electron chi connectivity index (χ1n) is 9.87. The number of fused-ring (bicyclic) bond motifs is 1. The lowest BCUT2D eigenvalue weighted by atomic mass is 10.1. The van der Waals surface area contributed by atoms with Gasteiger partial charge in [-0.1, -0.05) is 36.4 Å². The van der Waals surface area contributed by atoms with Crippen LogP contribution in [-0.4, -0.2) is 41.7 Å². The van der Waals surface area contributed by atoms with Crippen LogP contribution in [0, 0.1) is 0 Å². The molecule has 1 amide bonds. The van der Waals surface area contributed by atoms with Gasteiger partial charge in [0.05, 0.1) is 12.6 Å². The van der Waals surface area contributed by atoms with Crippen molar-refractivity contribution in [3.8, 4) is 5.75 Å². The highest BCUT2D eigenvalue weighted by molar-refractivity contribution is 5.80. The third-order valence-electron chi connectivity index (χ3n) is 5.10. The number of carbonyl (C=O) groups is 1. The Morgan fingerprint density at radius 2 is 1.93 bits per heavy atom. The van der Waals surface area contributed by atoms with E-state index < -0.39 is 0 Å². The normalized spacial score (nSPS) is 16.1. The Labute approximate surface area is 169 Å². The Morgan fingerprint density at radius 3 is 2.72 bits per heavy atom. The van der Waals surface area contributed by atoms with E-state index in [1.807, 2.05) is 60.7 Å². The first kappa shape index (κ1) is 19.2. The number of ether oxygens (including phenoxy) is 2. The van der Waals surface area contributed by atoms with Crippen molar-refractivity contribution in [2.75, 3.05) is 19.8 Å². The zero-order valence-corrected chi connectivity index (χ0v) is 16.2. The quantitative estimate of drug-likeness (QED) is 0.671. The molecule has 0 radical (unpaired) electrons. The summed E-state index contributed by atoms with van der Waals surface area (Å²) < 4.78 is 11.3. The number of aromatic amines is 1. The Hall–Kier alpha value is -3.12. The Morgan fingerprint density at radius 1 is 1.14 bits per heavy atom. The molecular weight excluding hydrogens is 368 g/mol. The molecule has 1 saturated heterocycles. The van der Waals surface area contributed by atoms with Crippen LogP contribution < -0.4 is 10.3 Å². The summed E-state index contributed by atoms with van der Waals surface area (Å²) >= 11 is 0. The molecule has 1 atom stereocenters. The van der Waals surface area contributed by atoms with Gasteiger partial charge in [-0.2, -0.15) is 0 Å². The van der Waals surface area contributed by atoms with Crippen LogP contribution in [0.25, 0.3) is 10.9 Å². The fourth-order valence-electron chi connectivity index (χ4n) is 3.56. The summed E-state index contributed by atoms with van der Waals surface area (Å²) in [7, 11) is 0. The van der Waals surface area contributed by atoms with Crippen molar-refractivity contribution < 1.29 is 14.3 Å². The van der Waals surface area contributed by atoms with Crippen LogP contribution in [0.3, 0.4) is 0 Å². The van der Waals surface area contributed by atoms with Gasteiger partial charge in [0.25, 0.3) is 11.5 Å². The maximum absolute atomic E-state index is 12.9. The summed E-state index contributed by atoms with van der Waals surface area (Å²) in [6, 6.07) is 18.7. The molecule has 1 N–H and O–H groups in total. The van der Waals surface area contributed by atoms with E-state index in [0.717, 1.165) is 23.7 Å². The van der Waals surface area contributed by atoms with Crippen molar-refractivity contribution in [2.45, 2.75) is 25.5 Å². The molecule has 1 aliphatic heterocycles. The molecule has 4 rings (SSSR count). The Bertz CT molecular complexity index is 1030. The van der Waals surface area contributed by atoms with Gasteiger partial charge in [0.15, 0.2) is 6.61 Å². The third kappa shape index (κ3) is 4.84. The number of amides is 1. The predicted octanol–water partition coefficient (Wildman–Crippen LogP) is 3.11. The van der Waals surface area contributed by atoms with Gasteiger partial charge >= 0.3 is 0 Å². The summed E-state index contributed by atoms with van der Waals surface area (Å²) in [5, 5.41) is 0.937. The number of rotatable bonds is 7. The van der Waals surface area contributed by atoms with Crippen LogP contribution in [0.4, 0.5) is 0 Å². The second-order valence-corrected chi connectivity index (χ2v) is 7.22. The van der Waals surface area contributed by atoms with E-state index in [9.17, 15) is 9.59 Å². The van der Waals surface area contributed by atoms with E-state index >= 15 is 0 Å². The number of aromatic nitrogens is 1. The van der Waals surface area contributed by atoms with E-state index in [1.165, 1.54) is 0 Å². The number of H-pyrrole nitrogens is 1. The molecule has 2 aromatic carbocycles. The van der Waals surface area contributed by atoms with Crippen LogP contribution in [0.5, 0.6) is 5.75 Å². The lowest BCUT2D eigenvalue weighted by Gasteiger charge is -2.25. The van der Waals surface area contributed by atoms with Gasteiger partial charge in [0.1, 0.15) is 5.75 Å². The molecule has 0 bridgehead atoms. The highest BCUT2D eigenvalue weighted by Gasteiger charge is 2.24. The van der Waals surface area contributed by atoms with E-state index in [4.69, 9.17) is 9.47 Å². The van der Waals surface area contributed by atoms with Crippen LogP contribution in [0.2, 0.25) is 0 Å². The van der Waals surface area contributed by atoms with E-state index in [1.54, 1.807) is 4.90 Å². The Balaban J connectivity index is 1.52. The van der Waals surface area contributed by atoms with Gasteiger partial charge in [-0.3, -0.25) is 9.59 Å². The maximum atomic E-state index is 12.9. The lowest BCUT2D eigenvalue weighted by Crippen LogP contribution is -2.40. The summed E-state index contributed by atoms with van der Waals surface area (Å²) in [5.74, 6) is 0.471. The van der Waals surface area contributed by atoms with Crippen molar-refractivity contribution in [2.24, 2.45) is 0 Å². The number of hydrogen-bond donors (Lipinski definition) is 1. The first-order valence-corrected chi connectivity index (χ1v) is 9.87. The fraction of sp³-hybridized carbons (Fsp3) is 0.304. The van der Waals surface area contributed by atoms with E-state index in [0.29, 0.717) is 24.5 Å². The van der Waals surface area contributed by atoms with Crippen molar-refractivity contribution in [1.29, 1.82) is 0 Å². The van der Waals surface area contributed by atoms with Gasteiger partial charge in [0, 0.05) is 24.2 Å². The van der Waals surface area contributed by atoms with E-state index in [2.05, 4.69) is 4.98 Å². The average Bonchev–Trinajstić information content (AvgIpc) is 3.26. The minimum absolute atomic E-state index is 0.00443. The van der Waals surface area contributed by atoms with Crippen LogP contribution >= 0.6 is 0 Å². The van der Waals surface area contributed by atoms with Gasteiger partial charge in [-0.05, 0) is 42.5 Å². The second kappa shape index (κ2) is 8.92. The SMILES string of the molecule is O=C(COc1ccccc1)N(Cc1cc2ccccc2[nH]c1=O)C[C@@H]1CCCO1. The summed E-state index contributed by atoms with van der Waals surface area (Å²) in [6.07, 6.45) is 1.90. The molecule has 29 heavy (non-hydrogen) atoms. The first-order chi connectivity index (χ1) is 14.2. The molecule has 1 fully saturated rings. The van der Waals surface area contributed by atoms with E-state index in [-0.39, 0.29) is 30.7 Å². The van der Waals surface area contributed by atoms with Crippen molar-refractivity contribution >= 4 is 16.8 Å². The number of pyridine rings is 1. The minimum atomic E-state index is -0.183. The van der Waals surface area contributed by atoms with Gasteiger partial charge in [0.2, 0.25) is 0 Å². The standard InChI is InChI=1S/C23H24N2O4/c26-22(16-29-19-8-2-1-3-9-19)25(15-20-10-6-12-28-20)14-18-13-17-7-4-5-11-21(17)24-23(18)27/h1-5,7-9,11,13,20H,6,10,12,14-16H2,(H,24,27)/t20-/m0/s1. The largest absolute Gasteiger partial charge is 0.484 e. The molecule has 2 heterocycles. The zero-order valence-electron chi connectivity index (χ0n) is 16.2. The molecule has 0 unspecified atom stereocenters. The van der Waals surface area contributed by atoms with Crippen LogP contribution in [0.15, 0.2) is 65.5 Å². The number of para-hydroxylation sites is 2. The summed E-state index contributed by atoms with van der Waals surface area (Å²) in [6.45, 7) is 1.30. The molecular formula is C23H24N2O4. The van der Waals surface area contributed by atoms with Gasteiger partial charge in [-0.25, -0.2) is 0 Å². The molecule has 1 aliphatic rings. The summed E-state index contributed by atoms with van der Waals surface area (Å²) in [4.78, 5) is 30.0. The highest BCUT2D eigenvalue weighted by Crippen LogP contribution is 2.17. The number of nitrogens with one attached hydrogen (secondary N) is 1. The molecule has 6 heteroatoms. The molecule has 150 valence electrons. The third-order valence-corrected chi connectivity index (χ3v) is 5.10. The molecule has 0 aliphatic carbocycles. The van der Waals surface area contributed by atoms with Crippen LogP contribution in [0.1, 0.15) is 18.4 Å². The molecule has 6 nitrogen and oxygen atoms in total. The van der Waals surface area contributed by atoms with Gasteiger partial charge in [-0.15, -0.1) is 0 Å². The monoisotopic (exact) mass is 392 g/mol. The lowest BCUT2D eigenvalue weighted by molar-refractivity contribution is -0.135. The van der Waals surface area contributed by atoms with Crippen molar-refractivity contribution in [3.05, 3.63) is 76.6 Å². The molecule has 3 aromatic rings. The molecule has 0 saturated carbocycles. The Kier molecular flexibility index (Phi) is 5.91.